The Morgan fingerprint density at radius 3 is 2.60 bits per heavy atom. The van der Waals surface area contributed by atoms with E-state index in [4.69, 9.17) is 0 Å². The largest absolute Gasteiger partial charge is 0.0613 e. The molecule has 0 saturated heterocycles. The average molecular weight is 133 g/mol. The van der Waals surface area contributed by atoms with Crippen molar-refractivity contribution in [2.24, 2.45) is 0 Å². The summed E-state index contributed by atoms with van der Waals surface area (Å²) in [5.74, 6) is 0. The summed E-state index contributed by atoms with van der Waals surface area (Å²) >= 11 is 0. The van der Waals surface area contributed by atoms with E-state index in [1.54, 1.807) is 0 Å². The zero-order chi connectivity index (χ0) is 7.56. The Hall–Kier alpha value is -0.780. The number of hydrogen-bond donors (Lipinski definition) is 0. The molecule has 0 atom stereocenters. The minimum absolute atomic E-state index is 1.11. The molecule has 0 fully saturated rings. The van der Waals surface area contributed by atoms with Gasteiger partial charge in [0.25, 0.3) is 0 Å². The predicted molar refractivity (Wildman–Crippen MR) is 44.1 cm³/mol. The zero-order valence-electron chi connectivity index (χ0n) is 6.86. The molecule has 53 valence electrons. The molecular formula is C10H13. The maximum Gasteiger partial charge on any atom is -0.0149 e. The fraction of sp³-hybridized carbons (Fsp3) is 0.400. The smallest absolute Gasteiger partial charge is 0.0149 e. The first-order valence-corrected chi connectivity index (χ1v) is 3.72. The minimum Gasteiger partial charge on any atom is -0.0613 e. The van der Waals surface area contributed by atoms with Gasteiger partial charge in [0, 0.05) is 0 Å². The van der Waals surface area contributed by atoms with E-state index < -0.39 is 0 Å². The first-order valence-electron chi connectivity index (χ1n) is 3.72. The van der Waals surface area contributed by atoms with Gasteiger partial charge in [0.1, 0.15) is 0 Å². The van der Waals surface area contributed by atoms with E-state index >= 15 is 0 Å². The van der Waals surface area contributed by atoms with Crippen molar-refractivity contribution in [1.82, 2.24) is 0 Å². The Morgan fingerprint density at radius 1 is 1.40 bits per heavy atom. The number of hydrogen-bond acceptors (Lipinski definition) is 0. The summed E-state index contributed by atoms with van der Waals surface area (Å²) in [5.41, 5.74) is 4.03. The first-order chi connectivity index (χ1) is 4.74. The van der Waals surface area contributed by atoms with E-state index in [1.807, 2.05) is 0 Å². The lowest BCUT2D eigenvalue weighted by atomic mass is 10.0. The summed E-state index contributed by atoms with van der Waals surface area (Å²) in [7, 11) is 0. The van der Waals surface area contributed by atoms with Crippen molar-refractivity contribution in [3.8, 4) is 0 Å². The van der Waals surface area contributed by atoms with Crippen LogP contribution in [0.2, 0.25) is 0 Å². The molecule has 0 aliphatic rings. The van der Waals surface area contributed by atoms with Gasteiger partial charge in [0.15, 0.2) is 0 Å². The molecule has 0 aromatic heterocycles. The van der Waals surface area contributed by atoms with Crippen LogP contribution in [0.15, 0.2) is 12.1 Å². The lowest BCUT2D eigenvalue weighted by Crippen LogP contribution is -1.86. The Bertz CT molecular complexity index is 223. The molecule has 0 saturated carbocycles. The first kappa shape index (κ1) is 7.33. The van der Waals surface area contributed by atoms with E-state index in [1.165, 1.54) is 16.7 Å². The molecule has 0 amide bonds. The lowest BCUT2D eigenvalue weighted by Gasteiger charge is -2.01. The van der Waals surface area contributed by atoms with Crippen LogP contribution < -0.4 is 0 Å². The zero-order valence-corrected chi connectivity index (χ0v) is 6.86. The molecule has 0 heterocycles. The van der Waals surface area contributed by atoms with Crippen LogP contribution in [-0.2, 0) is 6.42 Å². The van der Waals surface area contributed by atoms with Gasteiger partial charge in [-0.25, -0.2) is 0 Å². The van der Waals surface area contributed by atoms with E-state index in [0.717, 1.165) is 6.42 Å². The summed E-state index contributed by atoms with van der Waals surface area (Å²) in [4.78, 5) is 0. The topological polar surface area (TPSA) is 0 Å². The maximum atomic E-state index is 3.19. The quantitative estimate of drug-likeness (QED) is 0.552. The highest BCUT2D eigenvalue weighted by molar-refractivity contribution is 5.29. The normalized spacial score (nSPS) is 9.90. The Kier molecular flexibility index (Phi) is 2.10. The minimum atomic E-state index is 1.11. The predicted octanol–water partition coefficient (Wildman–Crippen LogP) is 2.67. The fourth-order valence-corrected chi connectivity index (χ4v) is 1.15. The van der Waals surface area contributed by atoms with Crippen LogP contribution in [0.4, 0.5) is 0 Å². The lowest BCUT2D eigenvalue weighted by molar-refractivity contribution is 1.10. The van der Waals surface area contributed by atoms with E-state index in [9.17, 15) is 0 Å². The maximum absolute atomic E-state index is 3.19. The Morgan fingerprint density at radius 2 is 2.10 bits per heavy atom. The van der Waals surface area contributed by atoms with Crippen LogP contribution >= 0.6 is 0 Å². The molecule has 1 aromatic rings. The molecule has 0 heteroatoms. The summed E-state index contributed by atoms with van der Waals surface area (Å²) in [5, 5.41) is 0. The monoisotopic (exact) mass is 133 g/mol. The van der Waals surface area contributed by atoms with Crippen molar-refractivity contribution in [3.63, 3.8) is 0 Å². The molecule has 0 N–H and O–H groups in total. The molecule has 0 unspecified atom stereocenters. The van der Waals surface area contributed by atoms with Gasteiger partial charge in [-0.2, -0.15) is 0 Å². The average Bonchev–Trinajstić information content (AvgIpc) is 1.88. The van der Waals surface area contributed by atoms with Crippen molar-refractivity contribution in [2.75, 3.05) is 0 Å². The van der Waals surface area contributed by atoms with Crippen LogP contribution in [0.25, 0.3) is 0 Å². The van der Waals surface area contributed by atoms with Gasteiger partial charge in [-0.3, -0.25) is 0 Å². The van der Waals surface area contributed by atoms with Crippen molar-refractivity contribution in [3.05, 3.63) is 34.9 Å². The van der Waals surface area contributed by atoms with Crippen LogP contribution in [0.3, 0.4) is 0 Å². The van der Waals surface area contributed by atoms with Gasteiger partial charge in [-0.1, -0.05) is 19.1 Å². The highest BCUT2D eigenvalue weighted by atomic mass is 14.0. The van der Waals surface area contributed by atoms with Crippen LogP contribution in [-0.4, -0.2) is 0 Å². The number of rotatable bonds is 1. The summed E-state index contributed by atoms with van der Waals surface area (Å²) < 4.78 is 0. The summed E-state index contributed by atoms with van der Waals surface area (Å²) in [6.07, 6.45) is 1.11. The Labute approximate surface area is 62.9 Å². The van der Waals surface area contributed by atoms with E-state index in [2.05, 4.69) is 39.0 Å². The molecule has 0 spiro atoms. The highest BCUT2D eigenvalue weighted by Gasteiger charge is 1.93. The fourth-order valence-electron chi connectivity index (χ4n) is 1.15. The molecule has 0 bridgehead atoms. The van der Waals surface area contributed by atoms with Gasteiger partial charge in [-0.05, 0) is 43.0 Å². The van der Waals surface area contributed by atoms with Gasteiger partial charge in [0.05, 0.1) is 0 Å². The summed E-state index contributed by atoms with van der Waals surface area (Å²) in [6.45, 7) is 6.40. The molecule has 1 aromatic carbocycles. The van der Waals surface area contributed by atoms with Crippen molar-refractivity contribution >= 4 is 0 Å². The third-order valence-electron chi connectivity index (χ3n) is 1.79. The SMILES string of the molecule is CCc1c[c]c(C)cc1C. The van der Waals surface area contributed by atoms with Gasteiger partial charge >= 0.3 is 0 Å². The second kappa shape index (κ2) is 2.87. The number of benzene rings is 1. The molecule has 10 heavy (non-hydrogen) atoms. The van der Waals surface area contributed by atoms with Crippen LogP contribution in [0.1, 0.15) is 23.6 Å². The summed E-state index contributed by atoms with van der Waals surface area (Å²) in [6, 6.07) is 7.46. The van der Waals surface area contributed by atoms with Crippen molar-refractivity contribution < 1.29 is 0 Å². The molecule has 0 aliphatic carbocycles. The molecule has 0 nitrogen and oxygen atoms in total. The molecule has 1 radical (unpaired) electrons. The van der Waals surface area contributed by atoms with Gasteiger partial charge in [-0.15, -0.1) is 0 Å². The Balaban J connectivity index is 3.07. The van der Waals surface area contributed by atoms with Crippen LogP contribution in [0.5, 0.6) is 0 Å². The second-order valence-corrected chi connectivity index (χ2v) is 2.68. The standard InChI is InChI=1S/C10H13/c1-4-10-6-5-8(2)7-9(10)3/h6-7H,4H2,1-3H3. The van der Waals surface area contributed by atoms with Crippen molar-refractivity contribution in [2.45, 2.75) is 27.2 Å². The van der Waals surface area contributed by atoms with Crippen molar-refractivity contribution in [1.29, 1.82) is 0 Å². The second-order valence-electron chi connectivity index (χ2n) is 2.68. The van der Waals surface area contributed by atoms with E-state index in [-0.39, 0.29) is 0 Å². The van der Waals surface area contributed by atoms with Gasteiger partial charge < -0.3 is 0 Å². The molecule has 0 aliphatic heterocycles. The molecule has 1 rings (SSSR count). The highest BCUT2D eigenvalue weighted by Crippen LogP contribution is 2.09. The van der Waals surface area contributed by atoms with E-state index in [0.29, 0.717) is 0 Å². The van der Waals surface area contributed by atoms with Gasteiger partial charge in [0.2, 0.25) is 0 Å². The third kappa shape index (κ3) is 1.38. The molecular weight excluding hydrogens is 120 g/mol. The van der Waals surface area contributed by atoms with Crippen LogP contribution in [0, 0.1) is 19.9 Å². The number of aryl methyl sites for hydroxylation is 3. The third-order valence-corrected chi connectivity index (χ3v) is 1.79.